The van der Waals surface area contributed by atoms with Gasteiger partial charge in [0, 0.05) is 5.54 Å². The predicted octanol–water partition coefficient (Wildman–Crippen LogP) is 4.00. The van der Waals surface area contributed by atoms with E-state index in [0.29, 0.717) is 0 Å². The number of hydrogen-bond acceptors (Lipinski definition) is 1. The number of rotatable bonds is 4. The number of hydrogen-bond donors (Lipinski definition) is 1. The molecule has 0 amide bonds. The Kier molecular flexibility index (Phi) is 4.22. The van der Waals surface area contributed by atoms with Gasteiger partial charge >= 0.3 is 0 Å². The van der Waals surface area contributed by atoms with Gasteiger partial charge < -0.3 is 5.11 Å². The van der Waals surface area contributed by atoms with Crippen LogP contribution >= 0.6 is 0 Å². The molecule has 0 aliphatic carbocycles. The van der Waals surface area contributed by atoms with Crippen LogP contribution in [0.4, 0.5) is 0 Å². The third kappa shape index (κ3) is 2.96. The predicted molar refractivity (Wildman–Crippen MR) is 84.5 cm³/mol. The molecule has 1 nitrogen and oxygen atoms in total. The summed E-state index contributed by atoms with van der Waals surface area (Å²) in [7, 11) is -1.72. The highest BCUT2D eigenvalue weighted by Crippen LogP contribution is 2.28. The lowest BCUT2D eigenvalue weighted by atomic mass is 10.1. The molecular weight excluding hydrogens is 248 g/mol. The van der Waals surface area contributed by atoms with Crippen molar-refractivity contribution in [1.29, 1.82) is 0 Å². The number of aliphatic hydroxyl groups excluding tert-OH is 1. The molecule has 0 saturated heterocycles. The SMILES string of the molecule is C[Si](C)(c1ccccc1)C(/C=C\O)c1ccccc1. The summed E-state index contributed by atoms with van der Waals surface area (Å²) in [5.41, 5.74) is 1.55. The molecule has 0 spiro atoms. The van der Waals surface area contributed by atoms with Crippen molar-refractivity contribution >= 4 is 13.3 Å². The topological polar surface area (TPSA) is 20.2 Å². The number of aliphatic hydroxyl groups is 1. The van der Waals surface area contributed by atoms with Crippen LogP contribution in [0.25, 0.3) is 0 Å². The van der Waals surface area contributed by atoms with Crippen molar-refractivity contribution in [1.82, 2.24) is 0 Å². The molecule has 1 unspecified atom stereocenters. The summed E-state index contributed by atoms with van der Waals surface area (Å²) in [5, 5.41) is 10.7. The summed E-state index contributed by atoms with van der Waals surface area (Å²) in [6, 6.07) is 21.1. The third-order valence-corrected chi connectivity index (χ3v) is 7.63. The Hall–Kier alpha value is -1.80. The van der Waals surface area contributed by atoms with Gasteiger partial charge in [-0.2, -0.15) is 0 Å². The van der Waals surface area contributed by atoms with Crippen molar-refractivity contribution < 1.29 is 5.11 Å². The molecule has 0 fully saturated rings. The zero-order valence-corrected chi connectivity index (χ0v) is 12.5. The van der Waals surface area contributed by atoms with Crippen LogP contribution in [0.15, 0.2) is 73.0 Å². The monoisotopic (exact) mass is 268 g/mol. The molecule has 0 bridgehead atoms. The van der Waals surface area contributed by atoms with Crippen molar-refractivity contribution in [2.75, 3.05) is 0 Å². The molecule has 0 aliphatic rings. The molecule has 2 aromatic carbocycles. The first-order valence-corrected chi connectivity index (χ1v) is 9.65. The second kappa shape index (κ2) is 5.89. The summed E-state index contributed by atoms with van der Waals surface area (Å²) in [6.07, 6.45) is 3.11. The lowest BCUT2D eigenvalue weighted by molar-refractivity contribution is 0.471. The van der Waals surface area contributed by atoms with Gasteiger partial charge in [-0.25, -0.2) is 0 Å². The van der Waals surface area contributed by atoms with Gasteiger partial charge in [0.1, 0.15) is 0 Å². The van der Waals surface area contributed by atoms with E-state index in [-0.39, 0.29) is 5.54 Å². The summed E-state index contributed by atoms with van der Waals surface area (Å²) in [5.74, 6) is 0. The van der Waals surface area contributed by atoms with Gasteiger partial charge in [-0.3, -0.25) is 0 Å². The largest absolute Gasteiger partial charge is 0.516 e. The van der Waals surface area contributed by atoms with Crippen molar-refractivity contribution in [3.05, 3.63) is 78.6 Å². The Balaban J connectivity index is 2.45. The Morgan fingerprint density at radius 2 is 1.42 bits per heavy atom. The molecule has 0 aliphatic heterocycles. The molecule has 1 N–H and O–H groups in total. The molecule has 98 valence electrons. The van der Waals surface area contributed by atoms with E-state index in [0.717, 1.165) is 0 Å². The zero-order chi connectivity index (χ0) is 13.7. The van der Waals surface area contributed by atoms with E-state index in [2.05, 4.69) is 61.6 Å². The maximum Gasteiger partial charge on any atom is 0.0920 e. The smallest absolute Gasteiger partial charge is 0.0920 e. The van der Waals surface area contributed by atoms with E-state index in [9.17, 15) is 5.11 Å². The summed E-state index contributed by atoms with van der Waals surface area (Å²) >= 11 is 0. The number of allylic oxidation sites excluding steroid dienone is 1. The fraction of sp³-hybridized carbons (Fsp3) is 0.176. The minimum absolute atomic E-state index is 0.279. The molecule has 0 heterocycles. The summed E-state index contributed by atoms with van der Waals surface area (Å²) < 4.78 is 0. The molecule has 19 heavy (non-hydrogen) atoms. The van der Waals surface area contributed by atoms with Crippen LogP contribution in [0.1, 0.15) is 11.1 Å². The Bertz CT molecular complexity index is 532. The summed E-state index contributed by atoms with van der Waals surface area (Å²) in [6.45, 7) is 4.69. The van der Waals surface area contributed by atoms with Gasteiger partial charge in [0.05, 0.1) is 14.3 Å². The van der Waals surface area contributed by atoms with Crippen LogP contribution in [0.3, 0.4) is 0 Å². The Morgan fingerprint density at radius 1 is 0.895 bits per heavy atom. The molecule has 2 rings (SSSR count). The molecular formula is C17H20OSi. The molecule has 0 aromatic heterocycles. The maximum atomic E-state index is 9.25. The minimum Gasteiger partial charge on any atom is -0.516 e. The van der Waals surface area contributed by atoms with Crippen LogP contribution in [-0.4, -0.2) is 13.2 Å². The van der Waals surface area contributed by atoms with Gasteiger partial charge in [-0.1, -0.05) is 78.9 Å². The Labute approximate surface area is 116 Å². The van der Waals surface area contributed by atoms with Gasteiger partial charge in [0.15, 0.2) is 0 Å². The highest BCUT2D eigenvalue weighted by molar-refractivity contribution is 6.91. The van der Waals surface area contributed by atoms with Crippen LogP contribution in [0.5, 0.6) is 0 Å². The zero-order valence-electron chi connectivity index (χ0n) is 11.5. The fourth-order valence-electron chi connectivity index (χ4n) is 2.56. The van der Waals surface area contributed by atoms with Gasteiger partial charge in [-0.15, -0.1) is 0 Å². The summed E-state index contributed by atoms with van der Waals surface area (Å²) in [4.78, 5) is 0. The van der Waals surface area contributed by atoms with E-state index >= 15 is 0 Å². The van der Waals surface area contributed by atoms with Gasteiger partial charge in [-0.05, 0) is 11.6 Å². The van der Waals surface area contributed by atoms with Crippen LogP contribution < -0.4 is 5.19 Å². The standard InChI is InChI=1S/C17H20OSi/c1-19(2,16-11-7-4-8-12-16)17(13-14-18)15-9-5-3-6-10-15/h3-14,17-18H,1-2H3/b14-13-. The van der Waals surface area contributed by atoms with Gasteiger partial charge in [0.25, 0.3) is 0 Å². The van der Waals surface area contributed by atoms with Gasteiger partial charge in [0.2, 0.25) is 0 Å². The third-order valence-electron chi connectivity index (χ3n) is 3.73. The van der Waals surface area contributed by atoms with E-state index in [4.69, 9.17) is 0 Å². The normalized spacial score (nSPS) is 13.6. The van der Waals surface area contributed by atoms with Crippen LogP contribution in [0, 0.1) is 0 Å². The quantitative estimate of drug-likeness (QED) is 0.656. The maximum absolute atomic E-state index is 9.25. The second-order valence-corrected chi connectivity index (χ2v) is 9.96. The Morgan fingerprint density at radius 3 is 1.95 bits per heavy atom. The average Bonchev–Trinajstić information content (AvgIpc) is 2.46. The first kappa shape index (κ1) is 13.6. The highest BCUT2D eigenvalue weighted by Gasteiger charge is 2.32. The fourth-order valence-corrected chi connectivity index (χ4v) is 5.57. The molecule has 1 atom stereocenters. The molecule has 0 radical (unpaired) electrons. The van der Waals surface area contributed by atoms with Crippen LogP contribution in [0.2, 0.25) is 13.1 Å². The van der Waals surface area contributed by atoms with E-state index in [1.807, 2.05) is 18.2 Å². The van der Waals surface area contributed by atoms with Crippen molar-refractivity contribution in [3.8, 4) is 0 Å². The minimum atomic E-state index is -1.72. The number of benzene rings is 2. The lowest BCUT2D eigenvalue weighted by Crippen LogP contribution is -2.47. The van der Waals surface area contributed by atoms with E-state index < -0.39 is 8.07 Å². The second-order valence-electron chi connectivity index (χ2n) is 5.32. The van der Waals surface area contributed by atoms with Crippen LogP contribution in [-0.2, 0) is 0 Å². The van der Waals surface area contributed by atoms with Crippen molar-refractivity contribution in [2.24, 2.45) is 0 Å². The molecule has 2 heteroatoms. The first-order valence-electron chi connectivity index (χ1n) is 6.57. The lowest BCUT2D eigenvalue weighted by Gasteiger charge is -2.31. The highest BCUT2D eigenvalue weighted by atomic mass is 28.3. The van der Waals surface area contributed by atoms with E-state index in [1.165, 1.54) is 17.0 Å². The van der Waals surface area contributed by atoms with Crippen molar-refractivity contribution in [3.63, 3.8) is 0 Å². The molecule has 2 aromatic rings. The molecule has 0 saturated carbocycles. The first-order chi connectivity index (χ1) is 9.16. The van der Waals surface area contributed by atoms with Crippen molar-refractivity contribution in [2.45, 2.75) is 18.6 Å². The average molecular weight is 268 g/mol. The van der Waals surface area contributed by atoms with E-state index in [1.54, 1.807) is 0 Å².